The molecular formula is C12H17FN2O2S. The third-order valence-corrected chi connectivity index (χ3v) is 5.49. The molecule has 1 fully saturated rings. The van der Waals surface area contributed by atoms with Crippen molar-refractivity contribution in [3.05, 3.63) is 35.6 Å². The van der Waals surface area contributed by atoms with Gasteiger partial charge in [-0.2, -0.15) is 0 Å². The highest BCUT2D eigenvalue weighted by Gasteiger charge is 2.68. The van der Waals surface area contributed by atoms with Gasteiger partial charge in [0.2, 0.25) is 0 Å². The van der Waals surface area contributed by atoms with Crippen LogP contribution >= 0.6 is 0 Å². The number of hydrogen-bond acceptors (Lipinski definition) is 4. The van der Waals surface area contributed by atoms with Crippen molar-refractivity contribution >= 4 is 9.84 Å². The van der Waals surface area contributed by atoms with Gasteiger partial charge in [-0.15, -0.1) is 0 Å². The number of benzene rings is 1. The van der Waals surface area contributed by atoms with E-state index in [-0.39, 0.29) is 24.8 Å². The second kappa shape index (κ2) is 4.29. The Morgan fingerprint density at radius 1 is 1.22 bits per heavy atom. The lowest BCUT2D eigenvalue weighted by atomic mass is 9.99. The second-order valence-electron chi connectivity index (χ2n) is 4.92. The molecule has 0 amide bonds. The molecule has 6 heteroatoms. The summed E-state index contributed by atoms with van der Waals surface area (Å²) in [4.78, 5) is 0. The Labute approximate surface area is 106 Å². The summed E-state index contributed by atoms with van der Waals surface area (Å²) in [5.41, 5.74) is 11.6. The van der Waals surface area contributed by atoms with E-state index in [9.17, 15) is 12.8 Å². The highest BCUT2D eigenvalue weighted by Crippen LogP contribution is 2.61. The number of sulfone groups is 1. The molecule has 0 heterocycles. The molecule has 4 N–H and O–H groups in total. The zero-order chi connectivity index (χ0) is 13.6. The summed E-state index contributed by atoms with van der Waals surface area (Å²) < 4.78 is 36.5. The average molecular weight is 272 g/mol. The molecule has 100 valence electrons. The van der Waals surface area contributed by atoms with Crippen molar-refractivity contribution in [2.45, 2.75) is 11.2 Å². The van der Waals surface area contributed by atoms with E-state index in [1.807, 2.05) is 0 Å². The van der Waals surface area contributed by atoms with E-state index in [1.54, 1.807) is 12.1 Å². The van der Waals surface area contributed by atoms with Crippen LogP contribution in [0.1, 0.15) is 11.5 Å². The molecule has 0 unspecified atom stereocenters. The summed E-state index contributed by atoms with van der Waals surface area (Å²) in [5.74, 6) is -0.579. The molecule has 0 saturated heterocycles. The summed E-state index contributed by atoms with van der Waals surface area (Å²) in [7, 11) is -3.22. The Bertz CT molecular complexity index is 538. The minimum absolute atomic E-state index is 0.212. The van der Waals surface area contributed by atoms with Crippen molar-refractivity contribution in [3.8, 4) is 0 Å². The average Bonchev–Trinajstić information content (AvgIpc) is 3.00. The maximum atomic E-state index is 12.9. The predicted octanol–water partition coefficient (Wildman–Crippen LogP) is 0.240. The minimum Gasteiger partial charge on any atom is -0.330 e. The van der Waals surface area contributed by atoms with Crippen molar-refractivity contribution in [1.29, 1.82) is 0 Å². The Hall–Kier alpha value is -0.980. The molecule has 2 rings (SSSR count). The zero-order valence-corrected chi connectivity index (χ0v) is 11.0. The van der Waals surface area contributed by atoms with Crippen molar-refractivity contribution in [3.63, 3.8) is 0 Å². The zero-order valence-electron chi connectivity index (χ0n) is 10.1. The first-order valence-corrected chi connectivity index (χ1v) is 7.67. The first kappa shape index (κ1) is 13.5. The number of nitrogens with two attached hydrogens (primary N) is 2. The molecule has 0 spiro atoms. The number of hydrogen-bond donors (Lipinski definition) is 2. The Balaban J connectivity index is 2.41. The molecule has 1 saturated carbocycles. The van der Waals surface area contributed by atoms with Crippen molar-refractivity contribution in [2.75, 3.05) is 19.3 Å². The van der Waals surface area contributed by atoms with Crippen LogP contribution < -0.4 is 11.5 Å². The monoisotopic (exact) mass is 272 g/mol. The Morgan fingerprint density at radius 3 is 2.06 bits per heavy atom. The molecule has 0 radical (unpaired) electrons. The van der Waals surface area contributed by atoms with E-state index in [1.165, 1.54) is 18.4 Å². The van der Waals surface area contributed by atoms with Crippen LogP contribution in [0, 0.1) is 11.2 Å². The SMILES string of the molecule is CS(=O)(=O)[C@H]1[C@H](c2ccc(F)cc2)C1(CN)CN. The van der Waals surface area contributed by atoms with Crippen LogP contribution in [0.3, 0.4) is 0 Å². The summed E-state index contributed by atoms with van der Waals surface area (Å²) in [6, 6.07) is 5.85. The van der Waals surface area contributed by atoms with E-state index in [2.05, 4.69) is 0 Å². The first-order chi connectivity index (χ1) is 8.36. The molecule has 0 aliphatic heterocycles. The molecule has 2 atom stereocenters. The van der Waals surface area contributed by atoms with Crippen LogP contribution in [0.25, 0.3) is 0 Å². The fraction of sp³-hybridized carbons (Fsp3) is 0.500. The van der Waals surface area contributed by atoms with Gasteiger partial charge in [-0.1, -0.05) is 12.1 Å². The van der Waals surface area contributed by atoms with Gasteiger partial charge in [-0.05, 0) is 17.7 Å². The van der Waals surface area contributed by atoms with E-state index >= 15 is 0 Å². The third-order valence-electron chi connectivity index (χ3n) is 3.83. The van der Waals surface area contributed by atoms with Gasteiger partial charge in [0.05, 0.1) is 5.25 Å². The van der Waals surface area contributed by atoms with Crippen molar-refractivity contribution < 1.29 is 12.8 Å². The van der Waals surface area contributed by atoms with Crippen LogP contribution in [-0.2, 0) is 9.84 Å². The topological polar surface area (TPSA) is 86.2 Å². The van der Waals surface area contributed by atoms with Crippen LogP contribution in [0.15, 0.2) is 24.3 Å². The highest BCUT2D eigenvalue weighted by atomic mass is 32.2. The van der Waals surface area contributed by atoms with E-state index in [4.69, 9.17) is 11.5 Å². The molecular weight excluding hydrogens is 255 g/mol. The lowest BCUT2D eigenvalue weighted by Crippen LogP contribution is -2.31. The molecule has 1 aromatic carbocycles. The molecule has 1 aliphatic rings. The van der Waals surface area contributed by atoms with Gasteiger partial charge in [0.25, 0.3) is 0 Å². The lowest BCUT2D eigenvalue weighted by molar-refractivity contribution is 0.510. The van der Waals surface area contributed by atoms with Gasteiger partial charge in [0.1, 0.15) is 5.82 Å². The fourth-order valence-corrected chi connectivity index (χ4v) is 4.91. The number of rotatable bonds is 4. The smallest absolute Gasteiger partial charge is 0.151 e. The van der Waals surface area contributed by atoms with E-state index in [0.29, 0.717) is 0 Å². The quantitative estimate of drug-likeness (QED) is 0.822. The fourth-order valence-electron chi connectivity index (χ4n) is 2.87. The largest absolute Gasteiger partial charge is 0.330 e. The standard InChI is InChI=1S/C12H17FN2O2S/c1-18(16,17)11-10(12(11,6-14)7-15)8-2-4-9(13)5-3-8/h2-5,10-11H,6-7,14-15H2,1H3/t10-,11-/m0/s1. The Morgan fingerprint density at radius 2 is 1.72 bits per heavy atom. The van der Waals surface area contributed by atoms with Gasteiger partial charge in [0, 0.05) is 30.7 Å². The normalized spacial score (nSPS) is 26.0. The van der Waals surface area contributed by atoms with Crippen LogP contribution in [0.2, 0.25) is 0 Å². The molecule has 0 aromatic heterocycles. The highest BCUT2D eigenvalue weighted by molar-refractivity contribution is 7.91. The van der Waals surface area contributed by atoms with Gasteiger partial charge < -0.3 is 11.5 Å². The molecule has 0 bridgehead atoms. The van der Waals surface area contributed by atoms with E-state index in [0.717, 1.165) is 5.56 Å². The number of halogens is 1. The third kappa shape index (κ3) is 1.94. The molecule has 1 aromatic rings. The maximum Gasteiger partial charge on any atom is 0.151 e. The van der Waals surface area contributed by atoms with Gasteiger partial charge in [0.15, 0.2) is 9.84 Å². The summed E-state index contributed by atoms with van der Waals surface area (Å²) in [6.45, 7) is 0.423. The molecule has 1 aliphatic carbocycles. The van der Waals surface area contributed by atoms with Gasteiger partial charge in [-0.3, -0.25) is 0 Å². The van der Waals surface area contributed by atoms with E-state index < -0.39 is 20.5 Å². The minimum atomic E-state index is -3.22. The molecule has 4 nitrogen and oxygen atoms in total. The lowest BCUT2D eigenvalue weighted by Gasteiger charge is -2.11. The van der Waals surface area contributed by atoms with Crippen LogP contribution in [0.4, 0.5) is 4.39 Å². The molecule has 18 heavy (non-hydrogen) atoms. The van der Waals surface area contributed by atoms with Crippen LogP contribution in [0.5, 0.6) is 0 Å². The summed E-state index contributed by atoms with van der Waals surface area (Å²) in [5, 5.41) is -0.564. The van der Waals surface area contributed by atoms with Gasteiger partial charge >= 0.3 is 0 Å². The Kier molecular flexibility index (Phi) is 3.21. The second-order valence-corrected chi connectivity index (χ2v) is 7.09. The maximum absolute atomic E-state index is 12.9. The predicted molar refractivity (Wildman–Crippen MR) is 68.3 cm³/mol. The first-order valence-electron chi connectivity index (χ1n) is 5.71. The van der Waals surface area contributed by atoms with Crippen molar-refractivity contribution in [2.24, 2.45) is 16.9 Å². The summed E-state index contributed by atoms with van der Waals surface area (Å²) >= 11 is 0. The van der Waals surface area contributed by atoms with Crippen molar-refractivity contribution in [1.82, 2.24) is 0 Å². The van der Waals surface area contributed by atoms with Gasteiger partial charge in [-0.25, -0.2) is 12.8 Å². The summed E-state index contributed by atoms with van der Waals surface area (Å²) in [6.07, 6.45) is 1.20. The van der Waals surface area contributed by atoms with Crippen LogP contribution in [-0.4, -0.2) is 33.0 Å².